The van der Waals surface area contributed by atoms with Gasteiger partial charge in [0.05, 0.1) is 10.7 Å². The maximum Gasteiger partial charge on any atom is 0.257 e. The number of thiazole rings is 1. The van der Waals surface area contributed by atoms with Gasteiger partial charge in [-0.3, -0.25) is 10.1 Å². The molecule has 2 rings (SSSR count). The largest absolute Gasteiger partial charge is 0.298 e. The Morgan fingerprint density at radius 2 is 2.35 bits per heavy atom. The molecule has 0 radical (unpaired) electrons. The summed E-state index contributed by atoms with van der Waals surface area (Å²) in [6.07, 6.45) is 3.56. The van der Waals surface area contributed by atoms with Crippen LogP contribution in [0, 0.1) is 6.92 Å². The summed E-state index contributed by atoms with van der Waals surface area (Å²) in [5.74, 6) is -0.156. The molecule has 17 heavy (non-hydrogen) atoms. The number of aromatic nitrogens is 2. The Morgan fingerprint density at radius 3 is 3.00 bits per heavy atom. The van der Waals surface area contributed by atoms with Crippen LogP contribution in [0.25, 0.3) is 0 Å². The number of carbonyl (C=O) groups excluding carboxylic acids is 1. The summed E-state index contributed by atoms with van der Waals surface area (Å²) in [6.45, 7) is 1.89. The number of thioether (sulfide) groups is 1. The van der Waals surface area contributed by atoms with Crippen LogP contribution in [-0.2, 0) is 0 Å². The fourth-order valence-corrected chi connectivity index (χ4v) is 2.34. The summed E-state index contributed by atoms with van der Waals surface area (Å²) in [5.41, 5.74) is 1.50. The summed E-state index contributed by atoms with van der Waals surface area (Å²) in [6, 6.07) is 3.45. The lowest BCUT2D eigenvalue weighted by Gasteiger charge is -2.02. The van der Waals surface area contributed by atoms with Gasteiger partial charge in [0.2, 0.25) is 0 Å². The second-order valence-electron chi connectivity index (χ2n) is 3.34. The highest BCUT2D eigenvalue weighted by molar-refractivity contribution is 7.98. The molecule has 2 aromatic rings. The molecule has 2 aromatic heterocycles. The average molecular weight is 265 g/mol. The van der Waals surface area contributed by atoms with Gasteiger partial charge in [0.25, 0.3) is 5.91 Å². The lowest BCUT2D eigenvalue weighted by Crippen LogP contribution is -2.11. The van der Waals surface area contributed by atoms with Crippen molar-refractivity contribution in [2.24, 2.45) is 0 Å². The molecular formula is C11H11N3OS2. The zero-order chi connectivity index (χ0) is 12.3. The summed E-state index contributed by atoms with van der Waals surface area (Å²) < 4.78 is 0. The zero-order valence-electron chi connectivity index (χ0n) is 9.43. The van der Waals surface area contributed by atoms with Crippen molar-refractivity contribution in [3.63, 3.8) is 0 Å². The number of nitrogens with one attached hydrogen (secondary N) is 1. The van der Waals surface area contributed by atoms with E-state index in [0.717, 1.165) is 10.7 Å². The van der Waals surface area contributed by atoms with E-state index in [2.05, 4.69) is 15.3 Å². The molecule has 2 heterocycles. The van der Waals surface area contributed by atoms with E-state index in [1.807, 2.05) is 18.6 Å². The molecular weight excluding hydrogens is 254 g/mol. The fourth-order valence-electron chi connectivity index (χ4n) is 1.24. The highest BCUT2D eigenvalue weighted by atomic mass is 32.2. The van der Waals surface area contributed by atoms with Crippen LogP contribution in [-0.4, -0.2) is 22.1 Å². The smallest absolute Gasteiger partial charge is 0.257 e. The monoisotopic (exact) mass is 265 g/mol. The number of nitrogens with zero attached hydrogens (tertiary/aromatic N) is 2. The highest BCUT2D eigenvalue weighted by Crippen LogP contribution is 2.17. The Labute approximate surface area is 107 Å². The molecule has 0 fully saturated rings. The van der Waals surface area contributed by atoms with E-state index in [4.69, 9.17) is 0 Å². The summed E-state index contributed by atoms with van der Waals surface area (Å²) in [5, 5.41) is 6.11. The molecule has 0 saturated carbocycles. The number of carbonyl (C=O) groups is 1. The average Bonchev–Trinajstić information content (AvgIpc) is 2.75. The maximum atomic E-state index is 11.9. The molecule has 0 unspecified atom stereocenters. The third-order valence-electron chi connectivity index (χ3n) is 2.05. The first-order valence-electron chi connectivity index (χ1n) is 4.92. The van der Waals surface area contributed by atoms with Gasteiger partial charge >= 0.3 is 0 Å². The van der Waals surface area contributed by atoms with Gasteiger partial charge in [-0.1, -0.05) is 0 Å². The number of hydrogen-bond donors (Lipinski definition) is 1. The van der Waals surface area contributed by atoms with Crippen molar-refractivity contribution in [2.75, 3.05) is 11.6 Å². The first-order valence-corrected chi connectivity index (χ1v) is 7.03. The molecule has 0 atom stereocenters. The number of aryl methyl sites for hydroxylation is 1. The van der Waals surface area contributed by atoms with Crippen LogP contribution in [0.3, 0.4) is 0 Å². The zero-order valence-corrected chi connectivity index (χ0v) is 11.1. The van der Waals surface area contributed by atoms with Crippen molar-refractivity contribution in [1.82, 2.24) is 9.97 Å². The van der Waals surface area contributed by atoms with Crippen molar-refractivity contribution in [2.45, 2.75) is 11.9 Å². The number of hydrogen-bond acceptors (Lipinski definition) is 5. The van der Waals surface area contributed by atoms with Crippen molar-refractivity contribution < 1.29 is 4.79 Å². The minimum Gasteiger partial charge on any atom is -0.298 e. The Balaban J connectivity index is 2.14. The van der Waals surface area contributed by atoms with Crippen LogP contribution < -0.4 is 5.32 Å². The van der Waals surface area contributed by atoms with E-state index < -0.39 is 0 Å². The number of rotatable bonds is 3. The Hall–Kier alpha value is -1.40. The second-order valence-corrected chi connectivity index (χ2v) is 5.02. The van der Waals surface area contributed by atoms with Gasteiger partial charge in [-0.25, -0.2) is 9.97 Å². The highest BCUT2D eigenvalue weighted by Gasteiger charge is 2.08. The molecule has 1 N–H and O–H groups in total. The SMILES string of the molecule is CSc1cc(C(=O)Nc2nc(C)cs2)ccn1. The van der Waals surface area contributed by atoms with E-state index in [0.29, 0.717) is 10.7 Å². The minimum atomic E-state index is -0.156. The minimum absolute atomic E-state index is 0.156. The second kappa shape index (κ2) is 5.29. The first-order chi connectivity index (χ1) is 8.19. The van der Waals surface area contributed by atoms with Crippen molar-refractivity contribution >= 4 is 34.1 Å². The van der Waals surface area contributed by atoms with Gasteiger partial charge < -0.3 is 0 Å². The third kappa shape index (κ3) is 3.04. The predicted octanol–water partition coefficient (Wildman–Crippen LogP) is 2.82. The molecule has 1 amide bonds. The first kappa shape index (κ1) is 12.1. The van der Waals surface area contributed by atoms with E-state index in [9.17, 15) is 4.79 Å². The van der Waals surface area contributed by atoms with Crippen molar-refractivity contribution in [3.05, 3.63) is 35.0 Å². The summed E-state index contributed by atoms with van der Waals surface area (Å²) in [4.78, 5) is 20.2. The van der Waals surface area contributed by atoms with Crippen LogP contribution in [0.15, 0.2) is 28.7 Å². The normalized spacial score (nSPS) is 10.2. The van der Waals surface area contributed by atoms with Crippen LogP contribution in [0.4, 0.5) is 5.13 Å². The van der Waals surface area contributed by atoms with E-state index in [1.54, 1.807) is 18.3 Å². The molecule has 0 aliphatic heterocycles. The molecule has 0 aliphatic rings. The van der Waals surface area contributed by atoms with E-state index >= 15 is 0 Å². The van der Waals surface area contributed by atoms with E-state index in [1.165, 1.54) is 23.1 Å². The standard InChI is InChI=1S/C11H11N3OS2/c1-7-6-17-11(13-7)14-10(15)8-3-4-12-9(5-8)16-2/h3-6H,1-2H3,(H,13,14,15). The molecule has 0 spiro atoms. The predicted molar refractivity (Wildman–Crippen MR) is 70.8 cm³/mol. The number of amides is 1. The van der Waals surface area contributed by atoms with Gasteiger partial charge in [-0.05, 0) is 25.3 Å². The molecule has 6 heteroatoms. The van der Waals surface area contributed by atoms with Gasteiger partial charge in [-0.15, -0.1) is 23.1 Å². The molecule has 0 saturated heterocycles. The maximum absolute atomic E-state index is 11.9. The topological polar surface area (TPSA) is 54.9 Å². The quantitative estimate of drug-likeness (QED) is 0.867. The lowest BCUT2D eigenvalue weighted by molar-refractivity contribution is 0.102. The van der Waals surface area contributed by atoms with Gasteiger partial charge in [0.15, 0.2) is 5.13 Å². The van der Waals surface area contributed by atoms with Gasteiger partial charge in [0, 0.05) is 17.1 Å². The molecule has 0 aromatic carbocycles. The molecule has 4 nitrogen and oxygen atoms in total. The Kier molecular flexibility index (Phi) is 3.75. The van der Waals surface area contributed by atoms with Crippen LogP contribution in [0.2, 0.25) is 0 Å². The van der Waals surface area contributed by atoms with Crippen molar-refractivity contribution in [1.29, 1.82) is 0 Å². The molecule has 0 aliphatic carbocycles. The Bertz CT molecular complexity index is 539. The third-order valence-corrected chi connectivity index (χ3v) is 3.56. The lowest BCUT2D eigenvalue weighted by atomic mass is 10.2. The van der Waals surface area contributed by atoms with Crippen LogP contribution in [0.1, 0.15) is 16.1 Å². The van der Waals surface area contributed by atoms with Crippen molar-refractivity contribution in [3.8, 4) is 0 Å². The number of pyridine rings is 1. The Morgan fingerprint density at radius 1 is 1.53 bits per heavy atom. The summed E-state index contributed by atoms with van der Waals surface area (Å²) in [7, 11) is 0. The summed E-state index contributed by atoms with van der Waals surface area (Å²) >= 11 is 2.93. The van der Waals surface area contributed by atoms with Gasteiger partial charge in [-0.2, -0.15) is 0 Å². The number of anilines is 1. The van der Waals surface area contributed by atoms with Gasteiger partial charge in [0.1, 0.15) is 0 Å². The molecule has 0 bridgehead atoms. The molecule has 88 valence electrons. The fraction of sp³-hybridized carbons (Fsp3) is 0.182. The van der Waals surface area contributed by atoms with Crippen LogP contribution >= 0.6 is 23.1 Å². The van der Waals surface area contributed by atoms with Crippen LogP contribution in [0.5, 0.6) is 0 Å². The van der Waals surface area contributed by atoms with E-state index in [-0.39, 0.29) is 5.91 Å².